The average molecular weight is 732 g/mol. The van der Waals surface area contributed by atoms with Gasteiger partial charge < -0.3 is 9.64 Å². The van der Waals surface area contributed by atoms with Gasteiger partial charge in [-0.25, -0.2) is 0 Å². The summed E-state index contributed by atoms with van der Waals surface area (Å²) in [6.07, 6.45) is 44.0. The van der Waals surface area contributed by atoms with Crippen LogP contribution in [-0.2, 0) is 6.42 Å². The third kappa shape index (κ3) is 5.83. The summed E-state index contributed by atoms with van der Waals surface area (Å²) in [7, 11) is 0. The summed E-state index contributed by atoms with van der Waals surface area (Å²) < 4.78 is 7.83. The highest BCUT2D eigenvalue weighted by atomic mass is 32.1. The van der Waals surface area contributed by atoms with Crippen LogP contribution in [0.5, 0.6) is 5.75 Å². The molecule has 55 heavy (non-hydrogen) atoms. The van der Waals surface area contributed by atoms with Crippen LogP contribution in [0.3, 0.4) is 0 Å². The summed E-state index contributed by atoms with van der Waals surface area (Å²) in [5.41, 5.74) is 11.1. The van der Waals surface area contributed by atoms with Gasteiger partial charge in [-0.3, -0.25) is 0 Å². The van der Waals surface area contributed by atoms with Crippen LogP contribution in [0.2, 0.25) is 0 Å². The van der Waals surface area contributed by atoms with Gasteiger partial charge in [0.2, 0.25) is 0 Å². The van der Waals surface area contributed by atoms with Gasteiger partial charge in [-0.1, -0.05) is 134 Å². The molecule has 0 amide bonds. The van der Waals surface area contributed by atoms with Gasteiger partial charge in [0.15, 0.2) is 0 Å². The van der Waals surface area contributed by atoms with Crippen LogP contribution in [0.1, 0.15) is 60.4 Å². The van der Waals surface area contributed by atoms with E-state index in [-0.39, 0.29) is 12.1 Å². The zero-order chi connectivity index (χ0) is 36.3. The Morgan fingerprint density at radius 2 is 1.55 bits per heavy atom. The van der Waals surface area contributed by atoms with E-state index < -0.39 is 0 Å². The Labute approximate surface area is 328 Å². The van der Waals surface area contributed by atoms with Gasteiger partial charge in [-0.2, -0.15) is 0 Å². The highest BCUT2D eigenvalue weighted by Crippen LogP contribution is 2.48. The maximum Gasteiger partial charge on any atom is 0.128 e. The molecule has 0 N–H and O–H groups in total. The lowest BCUT2D eigenvalue weighted by molar-refractivity contribution is 0.267. The van der Waals surface area contributed by atoms with Crippen molar-refractivity contribution in [3.8, 4) is 5.75 Å². The third-order valence-electron chi connectivity index (χ3n) is 12.7. The number of fused-ring (bicyclic) bond motifs is 7. The monoisotopic (exact) mass is 731 g/mol. The Morgan fingerprint density at radius 1 is 0.655 bits per heavy atom. The van der Waals surface area contributed by atoms with Crippen molar-refractivity contribution in [1.82, 2.24) is 0 Å². The van der Waals surface area contributed by atoms with Gasteiger partial charge in [0.25, 0.3) is 0 Å². The molecule has 6 aliphatic carbocycles. The van der Waals surface area contributed by atoms with Crippen LogP contribution in [0.4, 0.5) is 5.69 Å². The summed E-state index contributed by atoms with van der Waals surface area (Å²) in [4.78, 5) is 4.13. The van der Waals surface area contributed by atoms with Gasteiger partial charge >= 0.3 is 0 Å². The maximum absolute atomic E-state index is 6.42. The smallest absolute Gasteiger partial charge is 0.128 e. The van der Waals surface area contributed by atoms with Crippen LogP contribution in [0.25, 0.3) is 27.8 Å². The first kappa shape index (κ1) is 33.0. The van der Waals surface area contributed by atoms with Crippen molar-refractivity contribution in [3.05, 3.63) is 195 Å². The Bertz CT molecular complexity index is 2650. The number of hydrogen-bond donors (Lipinski definition) is 0. The molecule has 270 valence electrons. The summed E-state index contributed by atoms with van der Waals surface area (Å²) in [6.45, 7) is 0. The van der Waals surface area contributed by atoms with Crippen molar-refractivity contribution in [2.75, 3.05) is 4.90 Å². The molecule has 2 nitrogen and oxygen atoms in total. The van der Waals surface area contributed by atoms with E-state index in [1.807, 2.05) is 11.3 Å². The van der Waals surface area contributed by atoms with E-state index in [1.54, 1.807) is 0 Å². The van der Waals surface area contributed by atoms with Gasteiger partial charge in [0.05, 0.1) is 16.4 Å². The molecular weight excluding hydrogens is 687 g/mol. The fourth-order valence-electron chi connectivity index (χ4n) is 9.90. The van der Waals surface area contributed by atoms with Crippen molar-refractivity contribution < 1.29 is 4.74 Å². The number of anilines is 1. The van der Waals surface area contributed by atoms with Crippen LogP contribution in [0, 0.1) is 11.8 Å². The standard InChI is InChI=1S/C52H45NOS/c1-2-11-37(12-3-1)43-15-8-16-46-47-17-9-18-48(52(47)55-51(43)46)53(41-27-22-35(23-28-41)39-21-20-34-10-4-5-13-38(34)32-39)42-29-24-36(25-30-42)40-26-31-45-44-14-6-7-19-49(44)54-50(45)33-40/h2,4-7,9-15,17-20,22-24,26-27,29-33,36,39,41,45,50H,1,3,8,16,21,25,28H2. The first-order chi connectivity index (χ1) is 27.2. The number of benzene rings is 3. The second-order valence-electron chi connectivity index (χ2n) is 15.9. The molecule has 2 heterocycles. The summed E-state index contributed by atoms with van der Waals surface area (Å²) in [5.74, 6) is 2.09. The normalized spacial score (nSPS) is 25.8. The van der Waals surface area contributed by atoms with E-state index in [2.05, 4.69) is 163 Å². The van der Waals surface area contributed by atoms with E-state index >= 15 is 0 Å². The second-order valence-corrected chi connectivity index (χ2v) is 17.0. The minimum atomic E-state index is 0.0785. The van der Waals surface area contributed by atoms with Crippen LogP contribution in [0.15, 0.2) is 168 Å². The number of para-hydroxylation sites is 1. The van der Waals surface area contributed by atoms with Crippen LogP contribution >= 0.6 is 11.3 Å². The van der Waals surface area contributed by atoms with Crippen molar-refractivity contribution in [3.63, 3.8) is 0 Å². The fraction of sp³-hybridized carbons (Fsp3) is 0.231. The topological polar surface area (TPSA) is 12.5 Å². The molecule has 1 aromatic heterocycles. The van der Waals surface area contributed by atoms with Crippen molar-refractivity contribution in [2.24, 2.45) is 11.8 Å². The highest BCUT2D eigenvalue weighted by molar-refractivity contribution is 7.21. The van der Waals surface area contributed by atoms with Gasteiger partial charge in [-0.15, -0.1) is 11.3 Å². The molecule has 1 aliphatic heterocycles. The number of aryl methyl sites for hydroxylation is 1. The number of ether oxygens (including phenoxy) is 1. The summed E-state index contributed by atoms with van der Waals surface area (Å²) in [6, 6.07) is 24.6. The minimum absolute atomic E-state index is 0.0785. The molecule has 5 atom stereocenters. The van der Waals surface area contributed by atoms with Gasteiger partial charge in [0.1, 0.15) is 11.9 Å². The van der Waals surface area contributed by atoms with Crippen LogP contribution < -0.4 is 20.1 Å². The largest absolute Gasteiger partial charge is 0.485 e. The number of allylic oxidation sites excluding steroid dienone is 13. The molecule has 7 aliphatic rings. The van der Waals surface area contributed by atoms with E-state index in [0.717, 1.165) is 50.7 Å². The molecule has 0 saturated heterocycles. The molecule has 11 rings (SSSR count). The van der Waals surface area contributed by atoms with Gasteiger partial charge in [0, 0.05) is 33.9 Å². The van der Waals surface area contributed by atoms with E-state index in [1.165, 1.54) is 70.2 Å². The first-order valence-electron chi connectivity index (χ1n) is 20.4. The highest BCUT2D eigenvalue weighted by Gasteiger charge is 2.34. The lowest BCUT2D eigenvalue weighted by atomic mass is 9.83. The summed E-state index contributed by atoms with van der Waals surface area (Å²) >= 11 is 2.01. The molecule has 0 radical (unpaired) electrons. The van der Waals surface area contributed by atoms with Crippen molar-refractivity contribution >= 4 is 44.8 Å². The van der Waals surface area contributed by atoms with Crippen molar-refractivity contribution in [2.45, 2.75) is 63.0 Å². The Balaban J connectivity index is 0.934. The van der Waals surface area contributed by atoms with E-state index in [0.29, 0.717) is 17.8 Å². The predicted octanol–water partition coefficient (Wildman–Crippen LogP) is 11.4. The Morgan fingerprint density at radius 3 is 2.42 bits per heavy atom. The lowest BCUT2D eigenvalue weighted by Gasteiger charge is -2.36. The zero-order valence-electron chi connectivity index (χ0n) is 31.1. The third-order valence-corrected chi connectivity index (χ3v) is 14.0. The summed E-state index contributed by atoms with van der Waals surface area (Å²) in [5, 5.41) is 4.14. The molecule has 3 heteroatoms. The molecule has 5 unspecified atom stereocenters. The van der Waals surface area contributed by atoms with E-state index in [4.69, 9.17) is 4.74 Å². The quantitative estimate of drug-likeness (QED) is 0.196. The number of hydrogen-bond acceptors (Lipinski definition) is 3. The lowest BCUT2D eigenvalue weighted by Crippen LogP contribution is -2.34. The zero-order valence-corrected chi connectivity index (χ0v) is 31.9. The number of thiophene rings is 1. The number of nitrogens with zero attached hydrogens (tertiary/aromatic N) is 1. The minimum Gasteiger partial charge on any atom is -0.485 e. The fourth-order valence-corrected chi connectivity index (χ4v) is 11.3. The predicted molar refractivity (Wildman–Crippen MR) is 232 cm³/mol. The average Bonchev–Trinajstić information content (AvgIpc) is 3.83. The Kier molecular flexibility index (Phi) is 8.24. The van der Waals surface area contributed by atoms with Crippen LogP contribution in [-0.4, -0.2) is 12.1 Å². The molecule has 0 saturated carbocycles. The molecular formula is C52H45NOS. The Hall–Kier alpha value is -5.38. The second kappa shape index (κ2) is 13.7. The van der Waals surface area contributed by atoms with Crippen molar-refractivity contribution in [1.29, 1.82) is 0 Å². The molecule has 3 aromatic carbocycles. The van der Waals surface area contributed by atoms with E-state index in [9.17, 15) is 0 Å². The van der Waals surface area contributed by atoms with Gasteiger partial charge in [-0.05, 0) is 113 Å². The molecule has 0 spiro atoms. The number of rotatable bonds is 6. The SMILES string of the molecule is C1=CC(C2=CCCc3c2sc2c(N(C4=CCC(C5=CC6Oc7ccccc7C6C=C5)C=C4)C4C=CC(C5C=c6ccccc6=CC5)=CC4)cccc32)=CCC1. The first-order valence-corrected chi connectivity index (χ1v) is 21.2. The molecule has 0 bridgehead atoms. The molecule has 0 fully saturated rings. The molecule has 4 aromatic rings. The maximum atomic E-state index is 6.42.